The van der Waals surface area contributed by atoms with Crippen LogP contribution in [0.25, 0.3) is 10.8 Å². The summed E-state index contributed by atoms with van der Waals surface area (Å²) in [5.41, 5.74) is 1.26. The van der Waals surface area contributed by atoms with Gasteiger partial charge in [-0.05, 0) is 17.0 Å². The van der Waals surface area contributed by atoms with Gasteiger partial charge in [0.25, 0.3) is 0 Å². The largest absolute Gasteiger partial charge is 0.367 e. The van der Waals surface area contributed by atoms with E-state index < -0.39 is 13.4 Å². The van der Waals surface area contributed by atoms with Gasteiger partial charge in [0.1, 0.15) is 0 Å². The minimum atomic E-state index is -4.35. The average molecular weight is 313 g/mol. The lowest BCUT2D eigenvalue weighted by atomic mass is 10.1. The van der Waals surface area contributed by atoms with Gasteiger partial charge in [-0.3, -0.25) is 4.57 Å². The molecule has 3 aromatic carbocycles. The van der Waals surface area contributed by atoms with E-state index in [0.717, 1.165) is 10.8 Å². The van der Waals surface area contributed by atoms with E-state index in [1.807, 2.05) is 48.5 Å². The van der Waals surface area contributed by atoms with Crippen LogP contribution in [0.4, 0.5) is 5.69 Å². The fourth-order valence-corrected chi connectivity index (χ4v) is 3.36. The van der Waals surface area contributed by atoms with E-state index in [2.05, 4.69) is 5.32 Å². The number of hydrogen-bond donors (Lipinski definition) is 3. The summed E-state index contributed by atoms with van der Waals surface area (Å²) in [4.78, 5) is 19.4. The summed E-state index contributed by atoms with van der Waals surface area (Å²) in [7, 11) is -4.35. The van der Waals surface area contributed by atoms with Crippen LogP contribution in [0.5, 0.6) is 0 Å². The normalized spacial score (nSPS) is 13.0. The molecule has 0 saturated carbocycles. The summed E-state index contributed by atoms with van der Waals surface area (Å²) in [5, 5.41) is 4.96. The van der Waals surface area contributed by atoms with Crippen molar-refractivity contribution in [1.29, 1.82) is 0 Å². The van der Waals surface area contributed by atoms with Gasteiger partial charge >= 0.3 is 7.60 Å². The Hall–Kier alpha value is -2.13. The van der Waals surface area contributed by atoms with Crippen molar-refractivity contribution in [3.05, 3.63) is 78.4 Å². The van der Waals surface area contributed by atoms with Crippen molar-refractivity contribution in [2.75, 3.05) is 5.32 Å². The third-order valence-electron chi connectivity index (χ3n) is 3.53. The Morgan fingerprint density at radius 2 is 1.45 bits per heavy atom. The third-order valence-corrected chi connectivity index (χ3v) is 4.63. The number of hydrogen-bond acceptors (Lipinski definition) is 2. The van der Waals surface area contributed by atoms with Gasteiger partial charge in [0.05, 0.1) is 0 Å². The molecule has 112 valence electrons. The molecule has 4 nitrogen and oxygen atoms in total. The van der Waals surface area contributed by atoms with Crippen molar-refractivity contribution in [3.8, 4) is 0 Å². The monoisotopic (exact) mass is 313 g/mol. The number of rotatable bonds is 4. The van der Waals surface area contributed by atoms with Crippen LogP contribution in [0.2, 0.25) is 0 Å². The first-order valence-electron chi connectivity index (χ1n) is 6.90. The molecule has 0 aliphatic heterocycles. The van der Waals surface area contributed by atoms with Crippen LogP contribution in [-0.4, -0.2) is 9.79 Å². The van der Waals surface area contributed by atoms with E-state index in [1.165, 1.54) is 0 Å². The molecule has 0 aliphatic rings. The predicted molar refractivity (Wildman–Crippen MR) is 88.8 cm³/mol. The second kappa shape index (κ2) is 5.93. The summed E-state index contributed by atoms with van der Waals surface area (Å²) in [6.45, 7) is 0. The number of nitrogens with one attached hydrogen (secondary N) is 1. The molecule has 0 amide bonds. The molecule has 0 aliphatic carbocycles. The Bertz CT molecular complexity index is 824. The highest BCUT2D eigenvalue weighted by Gasteiger charge is 2.30. The molecule has 0 spiro atoms. The smallest absolute Gasteiger partial charge is 0.352 e. The maximum atomic E-state index is 11.9. The molecule has 0 fully saturated rings. The van der Waals surface area contributed by atoms with Gasteiger partial charge in [-0.15, -0.1) is 0 Å². The van der Waals surface area contributed by atoms with E-state index in [9.17, 15) is 14.4 Å². The molecule has 0 radical (unpaired) electrons. The summed E-state index contributed by atoms with van der Waals surface area (Å²) >= 11 is 0. The maximum absolute atomic E-state index is 11.9. The van der Waals surface area contributed by atoms with Crippen molar-refractivity contribution in [3.63, 3.8) is 0 Å². The lowest BCUT2D eigenvalue weighted by Gasteiger charge is -2.22. The van der Waals surface area contributed by atoms with Crippen LogP contribution in [0.15, 0.2) is 72.8 Å². The first-order chi connectivity index (χ1) is 10.6. The van der Waals surface area contributed by atoms with Gasteiger partial charge in [-0.25, -0.2) is 0 Å². The van der Waals surface area contributed by atoms with E-state index in [4.69, 9.17) is 0 Å². The van der Waals surface area contributed by atoms with E-state index in [-0.39, 0.29) is 0 Å². The summed E-state index contributed by atoms with van der Waals surface area (Å²) in [6, 6.07) is 22.2. The molecule has 1 atom stereocenters. The second-order valence-electron chi connectivity index (χ2n) is 5.07. The summed E-state index contributed by atoms with van der Waals surface area (Å²) in [5.74, 6) is -1.07. The first kappa shape index (κ1) is 14.8. The quantitative estimate of drug-likeness (QED) is 0.633. The summed E-state index contributed by atoms with van der Waals surface area (Å²) in [6.07, 6.45) is 0. The highest BCUT2D eigenvalue weighted by atomic mass is 31.2. The van der Waals surface area contributed by atoms with Crippen LogP contribution in [0, 0.1) is 0 Å². The molecule has 22 heavy (non-hydrogen) atoms. The molecule has 0 bridgehead atoms. The fraction of sp³-hybridized carbons (Fsp3) is 0.0588. The van der Waals surface area contributed by atoms with Crippen LogP contribution >= 0.6 is 7.60 Å². The minimum absolute atomic E-state index is 0.559. The molecule has 0 aromatic heterocycles. The molecule has 3 aromatic rings. The van der Waals surface area contributed by atoms with Crippen molar-refractivity contribution in [1.82, 2.24) is 0 Å². The number of fused-ring (bicyclic) bond motifs is 1. The minimum Gasteiger partial charge on any atom is -0.367 e. The van der Waals surface area contributed by atoms with Crippen molar-refractivity contribution in [2.24, 2.45) is 0 Å². The molecule has 1 unspecified atom stereocenters. The van der Waals surface area contributed by atoms with Crippen molar-refractivity contribution in [2.45, 2.75) is 5.78 Å². The zero-order chi connectivity index (χ0) is 15.6. The molecule has 0 saturated heterocycles. The van der Waals surface area contributed by atoms with Crippen LogP contribution in [0.3, 0.4) is 0 Å². The fourth-order valence-electron chi connectivity index (χ4n) is 2.50. The van der Waals surface area contributed by atoms with Crippen molar-refractivity contribution < 1.29 is 14.4 Å². The van der Waals surface area contributed by atoms with Gasteiger partial charge in [0, 0.05) is 11.1 Å². The first-order valence-corrected chi connectivity index (χ1v) is 8.58. The Kier molecular flexibility index (Phi) is 3.99. The standard InChI is InChI=1S/C17H16NO3P/c19-22(20,21)17(14-8-2-1-3-9-14)18-16-12-6-10-13-7-4-5-11-15(13)16/h1-12,17-18H,(H2,19,20,21). The van der Waals surface area contributed by atoms with E-state index in [0.29, 0.717) is 11.3 Å². The van der Waals surface area contributed by atoms with Gasteiger partial charge < -0.3 is 15.1 Å². The van der Waals surface area contributed by atoms with Gasteiger partial charge in [-0.1, -0.05) is 66.7 Å². The average Bonchev–Trinajstić information content (AvgIpc) is 2.52. The topological polar surface area (TPSA) is 69.6 Å². The maximum Gasteiger partial charge on any atom is 0.352 e. The van der Waals surface area contributed by atoms with Crippen LogP contribution < -0.4 is 5.32 Å². The Labute approximate surface area is 128 Å². The van der Waals surface area contributed by atoms with Gasteiger partial charge in [0.2, 0.25) is 0 Å². The Balaban J connectivity index is 2.05. The summed E-state index contributed by atoms with van der Waals surface area (Å²) < 4.78 is 11.9. The highest BCUT2D eigenvalue weighted by Crippen LogP contribution is 2.52. The zero-order valence-electron chi connectivity index (χ0n) is 11.8. The molecule has 3 N–H and O–H groups in total. The molecule has 0 heterocycles. The lowest BCUT2D eigenvalue weighted by Crippen LogP contribution is -2.11. The SMILES string of the molecule is O=P(O)(O)C(Nc1cccc2ccccc12)c1ccccc1. The van der Waals surface area contributed by atoms with Crippen molar-refractivity contribution >= 4 is 24.1 Å². The number of benzene rings is 3. The lowest BCUT2D eigenvalue weighted by molar-refractivity contribution is 0.363. The van der Waals surface area contributed by atoms with Gasteiger partial charge in [-0.2, -0.15) is 0 Å². The zero-order valence-corrected chi connectivity index (χ0v) is 12.6. The van der Waals surface area contributed by atoms with Crippen LogP contribution in [0.1, 0.15) is 11.3 Å². The molecule has 3 rings (SSSR count). The number of anilines is 1. The van der Waals surface area contributed by atoms with Crippen LogP contribution in [-0.2, 0) is 4.57 Å². The van der Waals surface area contributed by atoms with Gasteiger partial charge in [0.15, 0.2) is 5.78 Å². The Morgan fingerprint density at radius 1 is 0.818 bits per heavy atom. The van der Waals surface area contributed by atoms with E-state index in [1.54, 1.807) is 24.3 Å². The second-order valence-corrected chi connectivity index (χ2v) is 6.77. The molecular formula is C17H16NO3P. The van der Waals surface area contributed by atoms with E-state index >= 15 is 0 Å². The Morgan fingerprint density at radius 3 is 2.18 bits per heavy atom. The molecular weight excluding hydrogens is 297 g/mol. The third kappa shape index (κ3) is 3.04. The predicted octanol–water partition coefficient (Wildman–Crippen LogP) is 4.13. The molecule has 5 heteroatoms. The highest BCUT2D eigenvalue weighted by molar-refractivity contribution is 7.52.